The van der Waals surface area contributed by atoms with E-state index in [1.54, 1.807) is 11.3 Å². The van der Waals surface area contributed by atoms with Crippen LogP contribution in [0.1, 0.15) is 0 Å². The van der Waals surface area contributed by atoms with Crippen LogP contribution in [0.25, 0.3) is 153 Å². The lowest BCUT2D eigenvalue weighted by molar-refractivity contribution is 0.672. The quantitative estimate of drug-likeness (QED) is 0.172. The third kappa shape index (κ3) is 5.68. The van der Waals surface area contributed by atoms with E-state index in [2.05, 4.69) is 234 Å². The minimum atomic E-state index is 0.548. The Labute approximate surface area is 414 Å². The summed E-state index contributed by atoms with van der Waals surface area (Å²) in [6, 6.07) is 80.2. The van der Waals surface area contributed by atoms with Crippen LogP contribution in [0.15, 0.2) is 229 Å². The summed E-state index contributed by atoms with van der Waals surface area (Å²) in [4.78, 5) is 16.7. The number of thiophene rings is 1. The molecule has 0 N–H and O–H groups in total. The molecule has 5 aromatic heterocycles. The molecule has 0 saturated heterocycles. The summed E-state index contributed by atoms with van der Waals surface area (Å²) in [6.45, 7) is 0. The lowest BCUT2D eigenvalue weighted by Crippen LogP contribution is -2.03. The Bertz CT molecular complexity index is 4940. The molecular weight excluding hydrogens is 899 g/mol. The first-order chi connectivity index (χ1) is 35.7. The number of para-hydroxylation sites is 4. The van der Waals surface area contributed by atoms with Gasteiger partial charge in [-0.05, 0) is 89.0 Å². The zero-order chi connectivity index (χ0) is 47.0. The summed E-state index contributed by atoms with van der Waals surface area (Å²) >= 11 is 1.78. The van der Waals surface area contributed by atoms with E-state index in [9.17, 15) is 0 Å². The van der Waals surface area contributed by atoms with E-state index in [1.807, 2.05) is 0 Å². The normalized spacial score (nSPS) is 12.2. The van der Waals surface area contributed by atoms with Crippen molar-refractivity contribution in [2.24, 2.45) is 0 Å². The largest absolute Gasteiger partial charge is 0.455 e. The molecule has 0 atom stereocenters. The van der Waals surface area contributed by atoms with Gasteiger partial charge in [-0.25, -0.2) is 15.0 Å². The van der Waals surface area contributed by atoms with E-state index < -0.39 is 0 Å². The molecule has 5 heterocycles. The Morgan fingerprint density at radius 2 is 0.986 bits per heavy atom. The average Bonchev–Trinajstić information content (AvgIpc) is 4.20. The SMILES string of the molecule is c1ccc(-n2c3ccccc3c3cccc(-c4nc(-c5cc(-n6c7ccccc7c7cc8ccccc8cc76)c6c(c5)oc5c7ccccc7ccc56)nc(-c5cccc6c5sc5ccccc56)n4)c32)cc1. The molecular formula is C65H37N5OS. The van der Waals surface area contributed by atoms with E-state index in [0.29, 0.717) is 17.5 Å². The minimum Gasteiger partial charge on any atom is -0.455 e. The molecule has 0 fully saturated rings. The number of furan rings is 1. The first-order valence-corrected chi connectivity index (χ1v) is 25.1. The van der Waals surface area contributed by atoms with Crippen molar-refractivity contribution < 1.29 is 4.42 Å². The summed E-state index contributed by atoms with van der Waals surface area (Å²) in [5.74, 6) is 1.73. The van der Waals surface area contributed by atoms with Crippen LogP contribution < -0.4 is 0 Å². The maximum Gasteiger partial charge on any atom is 0.166 e. The van der Waals surface area contributed by atoms with Crippen molar-refractivity contribution in [3.8, 4) is 45.5 Å². The number of aromatic nitrogens is 5. The van der Waals surface area contributed by atoms with Gasteiger partial charge in [0, 0.05) is 74.9 Å². The zero-order valence-electron chi connectivity index (χ0n) is 38.4. The fraction of sp³-hybridized carbons (Fsp3) is 0. The van der Waals surface area contributed by atoms with Crippen LogP contribution in [-0.4, -0.2) is 24.1 Å². The second-order valence-corrected chi connectivity index (χ2v) is 19.7. The van der Waals surface area contributed by atoms with Crippen molar-refractivity contribution in [1.29, 1.82) is 0 Å². The Morgan fingerprint density at radius 3 is 1.81 bits per heavy atom. The van der Waals surface area contributed by atoms with E-state index in [-0.39, 0.29) is 0 Å². The molecule has 16 aromatic rings. The molecule has 0 unspecified atom stereocenters. The molecule has 7 heteroatoms. The number of fused-ring (bicyclic) bond motifs is 15. The van der Waals surface area contributed by atoms with Crippen molar-refractivity contribution in [2.45, 2.75) is 0 Å². The molecule has 0 aliphatic rings. The van der Waals surface area contributed by atoms with Gasteiger partial charge in [0.2, 0.25) is 0 Å². The summed E-state index contributed by atoms with van der Waals surface area (Å²) in [5, 5.41) is 13.7. The number of hydrogen-bond acceptors (Lipinski definition) is 5. The fourth-order valence-electron chi connectivity index (χ4n) is 11.5. The van der Waals surface area contributed by atoms with Crippen LogP contribution in [0.2, 0.25) is 0 Å². The van der Waals surface area contributed by atoms with Crippen molar-refractivity contribution >= 4 is 119 Å². The predicted octanol–water partition coefficient (Wildman–Crippen LogP) is 17.6. The molecule has 0 bridgehead atoms. The topological polar surface area (TPSA) is 61.7 Å². The Hall–Kier alpha value is -9.43. The van der Waals surface area contributed by atoms with Crippen molar-refractivity contribution in [2.75, 3.05) is 0 Å². The summed E-state index contributed by atoms with van der Waals surface area (Å²) < 4.78 is 14.3. The Balaban J connectivity index is 1.04. The van der Waals surface area contributed by atoms with E-state index >= 15 is 0 Å². The highest BCUT2D eigenvalue weighted by atomic mass is 32.1. The highest BCUT2D eigenvalue weighted by Gasteiger charge is 2.25. The number of rotatable bonds is 5. The molecule has 0 spiro atoms. The van der Waals surface area contributed by atoms with Crippen LogP contribution in [0.4, 0.5) is 0 Å². The van der Waals surface area contributed by atoms with Crippen molar-refractivity contribution in [1.82, 2.24) is 24.1 Å². The second kappa shape index (κ2) is 15.0. The monoisotopic (exact) mass is 935 g/mol. The van der Waals surface area contributed by atoms with Gasteiger partial charge in [0.15, 0.2) is 17.5 Å². The first-order valence-electron chi connectivity index (χ1n) is 24.3. The third-order valence-electron chi connectivity index (χ3n) is 14.7. The third-order valence-corrected chi connectivity index (χ3v) is 15.9. The van der Waals surface area contributed by atoms with E-state index in [4.69, 9.17) is 19.4 Å². The molecule has 0 saturated carbocycles. The van der Waals surface area contributed by atoms with Crippen LogP contribution >= 0.6 is 11.3 Å². The van der Waals surface area contributed by atoms with Gasteiger partial charge in [-0.15, -0.1) is 11.3 Å². The molecule has 6 nitrogen and oxygen atoms in total. The lowest BCUT2D eigenvalue weighted by atomic mass is 10.0. The first kappa shape index (κ1) is 39.4. The van der Waals surface area contributed by atoms with Gasteiger partial charge in [0.1, 0.15) is 11.2 Å². The number of nitrogens with zero attached hydrogens (tertiary/aromatic N) is 5. The minimum absolute atomic E-state index is 0.548. The van der Waals surface area contributed by atoms with Gasteiger partial charge < -0.3 is 13.6 Å². The standard InChI is InChI=1S/C65H37N5OS/c1-2-19-42(20-3-1)69-53-29-11-8-22-44(53)47-25-14-27-50(60(47)69)64-66-63(67-65(68-64)51-28-15-26-48-46-24-10-13-31-58(46)72-62(48)51)41-36-56(59-49-33-32-38-16-6-7-21-43(38)61(49)71-57(59)37-41)70-54-30-12-9-23-45(54)52-34-39-17-4-5-18-40(39)35-55(52)70/h1-37H. The fourth-order valence-corrected chi connectivity index (χ4v) is 12.8. The van der Waals surface area contributed by atoms with Gasteiger partial charge >= 0.3 is 0 Å². The molecule has 72 heavy (non-hydrogen) atoms. The van der Waals surface area contributed by atoms with Crippen molar-refractivity contribution in [3.05, 3.63) is 224 Å². The Kier molecular flexibility index (Phi) is 8.23. The van der Waals surface area contributed by atoms with Gasteiger partial charge in [-0.3, -0.25) is 0 Å². The summed E-state index contributed by atoms with van der Waals surface area (Å²) in [6.07, 6.45) is 0. The van der Waals surface area contributed by atoms with E-state index in [0.717, 1.165) is 98.3 Å². The molecule has 334 valence electrons. The molecule has 0 aliphatic heterocycles. The second-order valence-electron chi connectivity index (χ2n) is 18.7. The molecule has 11 aromatic carbocycles. The van der Waals surface area contributed by atoms with Gasteiger partial charge in [0.05, 0.1) is 33.1 Å². The molecule has 0 amide bonds. The highest BCUT2D eigenvalue weighted by Crippen LogP contribution is 2.45. The Morgan fingerprint density at radius 1 is 0.375 bits per heavy atom. The molecule has 0 aliphatic carbocycles. The predicted molar refractivity (Wildman–Crippen MR) is 300 cm³/mol. The zero-order valence-corrected chi connectivity index (χ0v) is 39.2. The van der Waals surface area contributed by atoms with Gasteiger partial charge in [-0.1, -0.05) is 152 Å². The van der Waals surface area contributed by atoms with Crippen molar-refractivity contribution in [3.63, 3.8) is 0 Å². The highest BCUT2D eigenvalue weighted by molar-refractivity contribution is 7.26. The van der Waals surface area contributed by atoms with Gasteiger partial charge in [-0.2, -0.15) is 0 Å². The maximum absolute atomic E-state index is 7.15. The maximum atomic E-state index is 7.15. The average molecular weight is 936 g/mol. The summed E-state index contributed by atoms with van der Waals surface area (Å²) in [5.41, 5.74) is 10.7. The lowest BCUT2D eigenvalue weighted by Gasteiger charge is -2.14. The van der Waals surface area contributed by atoms with E-state index in [1.165, 1.54) is 37.0 Å². The molecule has 16 rings (SSSR count). The van der Waals surface area contributed by atoms with Crippen LogP contribution in [-0.2, 0) is 0 Å². The number of benzene rings is 11. The van der Waals surface area contributed by atoms with Crippen LogP contribution in [0.3, 0.4) is 0 Å². The van der Waals surface area contributed by atoms with Gasteiger partial charge in [0.25, 0.3) is 0 Å². The number of hydrogen-bond donors (Lipinski definition) is 0. The van der Waals surface area contributed by atoms with Crippen LogP contribution in [0, 0.1) is 0 Å². The smallest absolute Gasteiger partial charge is 0.166 e. The summed E-state index contributed by atoms with van der Waals surface area (Å²) in [7, 11) is 0. The molecule has 0 radical (unpaired) electrons. The van der Waals surface area contributed by atoms with Crippen LogP contribution in [0.5, 0.6) is 0 Å².